The molecule has 1 aromatic carbocycles. The number of allylic oxidation sites excluding steroid dienone is 4. The molecule has 0 aliphatic heterocycles. The number of sulfone groups is 1. The lowest BCUT2D eigenvalue weighted by Crippen LogP contribution is -2.35. The van der Waals surface area contributed by atoms with Gasteiger partial charge in [-0.25, -0.2) is 8.42 Å². The molecule has 31 heavy (non-hydrogen) atoms. The highest BCUT2D eigenvalue weighted by atomic mass is 35.5. The van der Waals surface area contributed by atoms with Crippen molar-refractivity contribution in [3.05, 3.63) is 89.8 Å². The largest absolute Gasteiger partial charge is 0.281 e. The Bertz CT molecular complexity index is 1150. The van der Waals surface area contributed by atoms with Gasteiger partial charge in [-0.3, -0.25) is 15.1 Å². The minimum absolute atomic E-state index is 0.00803. The molecule has 2 aromatic rings. The lowest BCUT2D eigenvalue weighted by atomic mass is 9.88. The number of alkyl halides is 1. The smallest absolute Gasteiger partial charge is 0.262 e. The highest BCUT2D eigenvalue weighted by Gasteiger charge is 2.43. The van der Waals surface area contributed by atoms with Crippen molar-refractivity contribution in [1.29, 1.82) is 0 Å². The molecule has 3 rings (SSSR count). The maximum absolute atomic E-state index is 12.9. The summed E-state index contributed by atoms with van der Waals surface area (Å²) in [6.45, 7) is 1.63. The molecule has 1 N–H and O–H groups in total. The highest BCUT2D eigenvalue weighted by molar-refractivity contribution is 7.91. The third kappa shape index (κ3) is 5.63. The van der Waals surface area contributed by atoms with E-state index in [-0.39, 0.29) is 11.7 Å². The van der Waals surface area contributed by atoms with E-state index in [4.69, 9.17) is 11.6 Å². The maximum atomic E-state index is 12.9. The van der Waals surface area contributed by atoms with Crippen molar-refractivity contribution in [2.24, 2.45) is 0 Å². The van der Waals surface area contributed by atoms with E-state index in [1.165, 1.54) is 0 Å². The molecule has 0 fully saturated rings. The van der Waals surface area contributed by atoms with E-state index < -0.39 is 20.0 Å². The summed E-state index contributed by atoms with van der Waals surface area (Å²) in [6.07, 6.45) is 9.34. The molecule has 1 aliphatic rings. The Morgan fingerprint density at radius 3 is 2.55 bits per heavy atom. The van der Waals surface area contributed by atoms with Crippen molar-refractivity contribution in [3.8, 4) is 12.0 Å². The molecule has 160 valence electrons. The fourth-order valence-electron chi connectivity index (χ4n) is 3.39. The van der Waals surface area contributed by atoms with E-state index in [0.717, 1.165) is 5.57 Å². The second-order valence-corrected chi connectivity index (χ2v) is 10.2. The van der Waals surface area contributed by atoms with Crippen LogP contribution >= 0.6 is 11.6 Å². The van der Waals surface area contributed by atoms with Crippen LogP contribution in [0.5, 0.6) is 0 Å². The van der Waals surface area contributed by atoms with Crippen LogP contribution in [0.2, 0.25) is 0 Å². The number of nitrogens with zero attached hydrogens (tertiary/aromatic N) is 1. The van der Waals surface area contributed by atoms with Crippen molar-refractivity contribution < 1.29 is 13.2 Å². The number of halogens is 1. The lowest BCUT2D eigenvalue weighted by molar-refractivity contribution is 0.0973. The minimum atomic E-state index is -3.44. The molecular formula is C24H23ClN2O3S. The first-order valence-electron chi connectivity index (χ1n) is 9.87. The molecule has 0 saturated heterocycles. The number of aromatic nitrogens is 1. The predicted octanol–water partition coefficient (Wildman–Crippen LogP) is 4.20. The van der Waals surface area contributed by atoms with E-state index in [1.54, 1.807) is 49.7 Å². The highest BCUT2D eigenvalue weighted by Crippen LogP contribution is 2.44. The molecule has 1 aromatic heterocycles. The molecule has 1 amide bonds. The van der Waals surface area contributed by atoms with Gasteiger partial charge in [0.25, 0.3) is 5.91 Å². The Morgan fingerprint density at radius 1 is 1.23 bits per heavy atom. The van der Waals surface area contributed by atoms with E-state index in [0.29, 0.717) is 24.0 Å². The average Bonchev–Trinajstić information content (AvgIpc) is 2.79. The summed E-state index contributed by atoms with van der Waals surface area (Å²) in [6, 6.07) is 15.0. The summed E-state index contributed by atoms with van der Waals surface area (Å²) in [5.74, 6) is 2.62. The fraction of sp³-hybridized carbons (Fsp3) is 0.250. The van der Waals surface area contributed by atoms with Crippen molar-refractivity contribution in [2.75, 3.05) is 5.75 Å². The van der Waals surface area contributed by atoms with E-state index >= 15 is 0 Å². The van der Waals surface area contributed by atoms with Crippen LogP contribution in [0.4, 0.5) is 0 Å². The van der Waals surface area contributed by atoms with Crippen molar-refractivity contribution >= 4 is 27.3 Å². The second kappa shape index (κ2) is 9.95. The van der Waals surface area contributed by atoms with Gasteiger partial charge in [0.15, 0.2) is 9.84 Å². The number of carbonyl (C=O) groups is 1. The zero-order valence-corrected chi connectivity index (χ0v) is 18.7. The van der Waals surface area contributed by atoms with Crippen molar-refractivity contribution in [3.63, 3.8) is 0 Å². The van der Waals surface area contributed by atoms with Crippen LogP contribution in [-0.2, 0) is 9.84 Å². The van der Waals surface area contributed by atoms with Crippen LogP contribution in [-0.4, -0.2) is 29.9 Å². The van der Waals surface area contributed by atoms with E-state index in [2.05, 4.69) is 22.3 Å². The number of amides is 1. The number of nitrogens with one attached hydrogen (secondary N) is 1. The predicted molar refractivity (Wildman–Crippen MR) is 123 cm³/mol. The first-order valence-corrected chi connectivity index (χ1v) is 12.0. The third-order valence-electron chi connectivity index (χ3n) is 5.05. The summed E-state index contributed by atoms with van der Waals surface area (Å²) < 4.78 is 25.7. The molecular weight excluding hydrogens is 432 g/mol. The Labute approximate surface area is 188 Å². The number of hydrogen-bond acceptors (Lipinski definition) is 4. The molecule has 1 heterocycles. The van der Waals surface area contributed by atoms with Crippen LogP contribution in [0, 0.1) is 12.0 Å². The van der Waals surface area contributed by atoms with Gasteiger partial charge >= 0.3 is 0 Å². The van der Waals surface area contributed by atoms with Crippen LogP contribution in [0.15, 0.2) is 78.7 Å². The van der Waals surface area contributed by atoms with Crippen LogP contribution in [0.1, 0.15) is 40.9 Å². The molecule has 0 spiro atoms. The first kappa shape index (κ1) is 22.8. The molecule has 2 unspecified atom stereocenters. The van der Waals surface area contributed by atoms with Gasteiger partial charge in [-0.1, -0.05) is 61.4 Å². The molecule has 0 radical (unpaired) electrons. The summed E-state index contributed by atoms with van der Waals surface area (Å²) in [7, 11) is -3.44. The Kier molecular flexibility index (Phi) is 7.32. The Hall–Kier alpha value is -2.88. The molecule has 7 heteroatoms. The van der Waals surface area contributed by atoms with Gasteiger partial charge in [-0.15, -0.1) is 11.6 Å². The van der Waals surface area contributed by atoms with Gasteiger partial charge < -0.3 is 0 Å². The maximum Gasteiger partial charge on any atom is 0.262 e. The molecule has 5 nitrogen and oxygen atoms in total. The number of hydrogen-bond donors (Lipinski definition) is 1. The van der Waals surface area contributed by atoms with Gasteiger partial charge in [0.05, 0.1) is 4.87 Å². The fourth-order valence-corrected chi connectivity index (χ4v) is 5.75. The zero-order valence-electron chi connectivity index (χ0n) is 17.1. The summed E-state index contributed by atoms with van der Waals surface area (Å²) in [5, 5.41) is 1.70. The molecule has 2 atom stereocenters. The number of carbonyl (C=O) groups excluding carboxylic acids is 1. The molecule has 0 bridgehead atoms. The topological polar surface area (TPSA) is 76.1 Å². The van der Waals surface area contributed by atoms with Gasteiger partial charge in [-0.05, 0) is 29.7 Å². The summed E-state index contributed by atoms with van der Waals surface area (Å²) in [5.41, 5.74) is 2.08. The second-order valence-electron chi connectivity index (χ2n) is 7.15. The zero-order chi connectivity index (χ0) is 22.3. The van der Waals surface area contributed by atoms with Crippen LogP contribution < -0.4 is 5.32 Å². The summed E-state index contributed by atoms with van der Waals surface area (Å²) >= 11 is 6.87. The lowest BCUT2D eigenvalue weighted by Gasteiger charge is -2.34. The monoisotopic (exact) mass is 454 g/mol. The quantitative estimate of drug-likeness (QED) is 0.403. The van der Waals surface area contributed by atoms with Gasteiger partial charge in [0.2, 0.25) is 0 Å². The summed E-state index contributed by atoms with van der Waals surface area (Å²) in [4.78, 5) is 14.8. The third-order valence-corrected chi connectivity index (χ3v) is 7.89. The van der Waals surface area contributed by atoms with Gasteiger partial charge in [0.1, 0.15) is 5.25 Å². The van der Waals surface area contributed by atoms with Crippen LogP contribution in [0.25, 0.3) is 0 Å². The van der Waals surface area contributed by atoms with Gasteiger partial charge in [0, 0.05) is 36.2 Å². The SMILES string of the molecule is CCS(=O)(=O)C(c1ccccc1)C1(Cl)C=CC(CC#CNC(=O)c2ccncc2)=CC1. The van der Waals surface area contributed by atoms with Crippen molar-refractivity contribution in [2.45, 2.75) is 29.9 Å². The number of rotatable bonds is 6. The first-order chi connectivity index (χ1) is 14.9. The standard InChI is InChI=1S/C24H23ClN2O3S/c1-2-31(29,30)22(20-8-4-3-5-9-20)24(25)14-10-19(11-15-24)7-6-16-27-23(28)21-12-17-26-18-13-21/h3-5,8-14,17-18,22H,2,7,15H2,1H3,(H,27,28). The molecule has 0 saturated carbocycles. The van der Waals surface area contributed by atoms with Crippen molar-refractivity contribution in [1.82, 2.24) is 10.3 Å². The minimum Gasteiger partial charge on any atom is -0.281 e. The van der Waals surface area contributed by atoms with E-state index in [1.807, 2.05) is 30.4 Å². The Morgan fingerprint density at radius 2 is 1.94 bits per heavy atom. The van der Waals surface area contributed by atoms with Gasteiger partial charge in [-0.2, -0.15) is 0 Å². The number of pyridine rings is 1. The Balaban J connectivity index is 1.68. The van der Waals surface area contributed by atoms with Crippen LogP contribution in [0.3, 0.4) is 0 Å². The molecule has 1 aliphatic carbocycles. The van der Waals surface area contributed by atoms with E-state index in [9.17, 15) is 13.2 Å². The normalized spacial score (nSPS) is 19.0. The number of benzene rings is 1. The average molecular weight is 455 g/mol.